The molecule has 27 heavy (non-hydrogen) atoms. The number of ether oxygens (including phenoxy) is 1. The van der Waals surface area contributed by atoms with Gasteiger partial charge in [-0.05, 0) is 36.4 Å². The van der Waals surface area contributed by atoms with Crippen molar-refractivity contribution >= 4 is 11.8 Å². The van der Waals surface area contributed by atoms with Crippen LogP contribution in [0, 0.1) is 5.82 Å². The van der Waals surface area contributed by atoms with Crippen molar-refractivity contribution in [2.75, 3.05) is 39.8 Å². The van der Waals surface area contributed by atoms with E-state index in [9.17, 15) is 14.0 Å². The number of benzene rings is 1. The highest BCUT2D eigenvalue weighted by molar-refractivity contribution is 5.91. The van der Waals surface area contributed by atoms with Crippen LogP contribution < -0.4 is 10.1 Å². The van der Waals surface area contributed by atoms with Crippen molar-refractivity contribution in [2.45, 2.75) is 6.61 Å². The van der Waals surface area contributed by atoms with Crippen LogP contribution >= 0.6 is 0 Å². The number of carbonyl (C=O) groups is 2. The van der Waals surface area contributed by atoms with Gasteiger partial charge in [-0.2, -0.15) is 0 Å². The van der Waals surface area contributed by atoms with E-state index in [1.54, 1.807) is 24.1 Å². The van der Waals surface area contributed by atoms with Gasteiger partial charge in [0.05, 0.1) is 6.54 Å². The number of piperazine rings is 1. The Hall–Kier alpha value is -2.87. The molecule has 1 aliphatic heterocycles. The molecule has 0 atom stereocenters. The maximum Gasteiger partial charge on any atom is 0.289 e. The molecule has 0 bridgehead atoms. The van der Waals surface area contributed by atoms with Gasteiger partial charge in [0.1, 0.15) is 23.9 Å². The summed E-state index contributed by atoms with van der Waals surface area (Å²) in [5, 5.41) is 2.59. The van der Waals surface area contributed by atoms with Gasteiger partial charge in [-0.25, -0.2) is 4.39 Å². The predicted molar refractivity (Wildman–Crippen MR) is 95.9 cm³/mol. The molecule has 2 aromatic rings. The molecular weight excluding hydrogens is 353 g/mol. The highest BCUT2D eigenvalue weighted by Crippen LogP contribution is 2.16. The number of rotatable bonds is 6. The molecular formula is C19H22FN3O4. The molecule has 2 amide bonds. The normalized spacial score (nSPS) is 14.8. The minimum absolute atomic E-state index is 0.0355. The fourth-order valence-electron chi connectivity index (χ4n) is 2.80. The van der Waals surface area contributed by atoms with E-state index in [1.807, 2.05) is 4.90 Å². The van der Waals surface area contributed by atoms with Gasteiger partial charge in [0.2, 0.25) is 5.91 Å². The zero-order valence-corrected chi connectivity index (χ0v) is 15.1. The van der Waals surface area contributed by atoms with Crippen LogP contribution in [0.5, 0.6) is 5.75 Å². The summed E-state index contributed by atoms with van der Waals surface area (Å²) < 4.78 is 24.0. The van der Waals surface area contributed by atoms with E-state index >= 15 is 0 Å². The van der Waals surface area contributed by atoms with E-state index in [0.29, 0.717) is 44.2 Å². The third kappa shape index (κ3) is 5.07. The molecule has 1 aromatic carbocycles. The van der Waals surface area contributed by atoms with E-state index in [2.05, 4.69) is 5.32 Å². The Morgan fingerprint density at radius 2 is 1.81 bits per heavy atom. The van der Waals surface area contributed by atoms with Crippen LogP contribution in [-0.4, -0.2) is 61.4 Å². The van der Waals surface area contributed by atoms with Gasteiger partial charge in [-0.3, -0.25) is 14.5 Å². The first-order chi connectivity index (χ1) is 13.0. The minimum Gasteiger partial charge on any atom is -0.486 e. The maximum atomic E-state index is 12.9. The van der Waals surface area contributed by atoms with Gasteiger partial charge in [-0.1, -0.05) is 0 Å². The Morgan fingerprint density at radius 1 is 1.11 bits per heavy atom. The molecule has 1 aliphatic rings. The molecule has 2 heterocycles. The predicted octanol–water partition coefficient (Wildman–Crippen LogP) is 1.50. The molecule has 1 saturated heterocycles. The number of halogens is 1. The van der Waals surface area contributed by atoms with Crippen molar-refractivity contribution in [3.8, 4) is 5.75 Å². The fraction of sp³-hybridized carbons (Fsp3) is 0.368. The summed E-state index contributed by atoms with van der Waals surface area (Å²) in [6, 6.07) is 9.01. The summed E-state index contributed by atoms with van der Waals surface area (Å²) in [6.45, 7) is 2.85. The first-order valence-corrected chi connectivity index (χ1v) is 8.74. The highest BCUT2D eigenvalue weighted by atomic mass is 19.1. The van der Waals surface area contributed by atoms with Crippen molar-refractivity contribution in [1.29, 1.82) is 0 Å². The molecule has 0 saturated carbocycles. The van der Waals surface area contributed by atoms with E-state index in [-0.39, 0.29) is 30.0 Å². The Morgan fingerprint density at radius 3 is 2.48 bits per heavy atom. The van der Waals surface area contributed by atoms with Gasteiger partial charge < -0.3 is 19.4 Å². The van der Waals surface area contributed by atoms with E-state index < -0.39 is 0 Å². The van der Waals surface area contributed by atoms with Crippen LogP contribution in [0.4, 0.5) is 4.39 Å². The van der Waals surface area contributed by atoms with Crippen LogP contribution in [0.3, 0.4) is 0 Å². The molecule has 1 N–H and O–H groups in total. The summed E-state index contributed by atoms with van der Waals surface area (Å²) in [6.07, 6.45) is 0. The van der Waals surface area contributed by atoms with Crippen molar-refractivity contribution in [2.24, 2.45) is 0 Å². The third-order valence-electron chi connectivity index (χ3n) is 4.37. The zero-order chi connectivity index (χ0) is 19.2. The minimum atomic E-state index is -0.330. The number of carbonyl (C=O) groups excluding carboxylic acids is 2. The van der Waals surface area contributed by atoms with E-state index in [1.165, 1.54) is 24.3 Å². The second-order valence-corrected chi connectivity index (χ2v) is 6.25. The van der Waals surface area contributed by atoms with Crippen molar-refractivity contribution in [1.82, 2.24) is 15.1 Å². The Kier molecular flexibility index (Phi) is 6.08. The molecule has 0 aliphatic carbocycles. The molecule has 8 heteroatoms. The van der Waals surface area contributed by atoms with Gasteiger partial charge in [-0.15, -0.1) is 0 Å². The number of amides is 2. The van der Waals surface area contributed by atoms with E-state index in [0.717, 1.165) is 0 Å². The van der Waals surface area contributed by atoms with Crippen LogP contribution in [0.25, 0.3) is 0 Å². The number of hydrogen-bond donors (Lipinski definition) is 1. The lowest BCUT2D eigenvalue weighted by molar-refractivity contribution is -0.122. The lowest BCUT2D eigenvalue weighted by atomic mass is 10.3. The third-order valence-corrected chi connectivity index (χ3v) is 4.37. The van der Waals surface area contributed by atoms with Crippen molar-refractivity contribution in [3.63, 3.8) is 0 Å². The summed E-state index contributed by atoms with van der Waals surface area (Å²) in [5.41, 5.74) is 0. The summed E-state index contributed by atoms with van der Waals surface area (Å²) in [7, 11) is 1.61. The Labute approximate surface area is 156 Å². The lowest BCUT2D eigenvalue weighted by Gasteiger charge is -2.33. The monoisotopic (exact) mass is 375 g/mol. The van der Waals surface area contributed by atoms with Crippen LogP contribution in [0.1, 0.15) is 16.3 Å². The van der Waals surface area contributed by atoms with Gasteiger partial charge in [0, 0.05) is 33.2 Å². The number of nitrogens with one attached hydrogen (secondary N) is 1. The molecule has 144 valence electrons. The molecule has 0 radical (unpaired) electrons. The second kappa shape index (κ2) is 8.68. The molecule has 1 aromatic heterocycles. The standard InChI is InChI=1S/C19H22FN3O4/c1-21-18(24)12-22-8-10-23(11-9-22)19(25)17-7-6-16(27-17)13-26-15-4-2-14(20)3-5-15/h2-7H,8-13H2,1H3,(H,21,24). The van der Waals surface area contributed by atoms with Gasteiger partial charge >= 0.3 is 0 Å². The number of furan rings is 1. The van der Waals surface area contributed by atoms with E-state index in [4.69, 9.17) is 9.15 Å². The zero-order valence-electron chi connectivity index (χ0n) is 15.1. The van der Waals surface area contributed by atoms with Crippen LogP contribution in [0.15, 0.2) is 40.8 Å². The summed E-state index contributed by atoms with van der Waals surface area (Å²) in [4.78, 5) is 27.7. The van der Waals surface area contributed by atoms with Crippen molar-refractivity contribution in [3.05, 3.63) is 53.7 Å². The lowest BCUT2D eigenvalue weighted by Crippen LogP contribution is -2.50. The summed E-state index contributed by atoms with van der Waals surface area (Å²) >= 11 is 0. The number of likely N-dealkylation sites (N-methyl/N-ethyl adjacent to an activating group) is 1. The maximum absolute atomic E-state index is 12.9. The molecule has 0 unspecified atom stereocenters. The fourth-order valence-corrected chi connectivity index (χ4v) is 2.80. The first-order valence-electron chi connectivity index (χ1n) is 8.74. The number of hydrogen-bond acceptors (Lipinski definition) is 5. The van der Waals surface area contributed by atoms with Crippen LogP contribution in [0.2, 0.25) is 0 Å². The van der Waals surface area contributed by atoms with Gasteiger partial charge in [0.25, 0.3) is 5.91 Å². The summed E-state index contributed by atoms with van der Waals surface area (Å²) in [5.74, 6) is 0.749. The molecule has 0 spiro atoms. The Bertz CT molecular complexity index is 783. The van der Waals surface area contributed by atoms with Crippen LogP contribution in [-0.2, 0) is 11.4 Å². The van der Waals surface area contributed by atoms with Crippen molar-refractivity contribution < 1.29 is 23.1 Å². The smallest absolute Gasteiger partial charge is 0.289 e. The SMILES string of the molecule is CNC(=O)CN1CCN(C(=O)c2ccc(COc3ccc(F)cc3)o2)CC1. The quantitative estimate of drug-likeness (QED) is 0.828. The molecule has 1 fully saturated rings. The molecule has 7 nitrogen and oxygen atoms in total. The van der Waals surface area contributed by atoms with Gasteiger partial charge in [0.15, 0.2) is 5.76 Å². The number of nitrogens with zero attached hydrogens (tertiary/aromatic N) is 2. The topological polar surface area (TPSA) is 75.0 Å². The molecule has 3 rings (SSSR count). The average molecular weight is 375 g/mol. The first kappa shape index (κ1) is 18.9. The highest BCUT2D eigenvalue weighted by Gasteiger charge is 2.25. The average Bonchev–Trinajstić information content (AvgIpc) is 3.16. The largest absolute Gasteiger partial charge is 0.486 e. The second-order valence-electron chi connectivity index (χ2n) is 6.25. The Balaban J connectivity index is 1.50.